The van der Waals surface area contributed by atoms with E-state index in [-0.39, 0.29) is 29.9 Å². The summed E-state index contributed by atoms with van der Waals surface area (Å²) in [6.07, 6.45) is -0.0273. The summed E-state index contributed by atoms with van der Waals surface area (Å²) in [6, 6.07) is 3.86. The van der Waals surface area contributed by atoms with Crippen LogP contribution in [0.25, 0.3) is 0 Å². The van der Waals surface area contributed by atoms with Gasteiger partial charge in [-0.2, -0.15) is 0 Å². The lowest BCUT2D eigenvalue weighted by atomic mass is 9.98. The Balaban J connectivity index is 2.00. The van der Waals surface area contributed by atoms with Crippen LogP contribution >= 0.6 is 0 Å². The predicted molar refractivity (Wildman–Crippen MR) is 88.8 cm³/mol. The number of aliphatic hydroxyl groups is 1. The first kappa shape index (κ1) is 19.8. The lowest BCUT2D eigenvalue weighted by Crippen LogP contribution is -2.51. The minimum Gasteiger partial charge on any atom is -0.394 e. The van der Waals surface area contributed by atoms with E-state index in [1.165, 1.54) is 12.1 Å². The van der Waals surface area contributed by atoms with Crippen molar-refractivity contribution in [3.05, 3.63) is 30.1 Å². The van der Waals surface area contributed by atoms with Crippen LogP contribution in [0.3, 0.4) is 0 Å². The standard InChI is InChI=1S/C16H23FN2O5S/c1-2-18-16(21)9-12-5-8-14(15(10-20)24-12)19-25(22,23)13-6-3-11(17)4-7-13/h3-4,6-7,12,14-15,19-20H,2,5,8-10H2,1H3,(H,18,21)/t12-,14+,15+/m1/s1. The quantitative estimate of drug-likeness (QED) is 0.646. The van der Waals surface area contributed by atoms with E-state index in [1.54, 1.807) is 0 Å². The molecule has 1 aromatic carbocycles. The number of rotatable bonds is 7. The van der Waals surface area contributed by atoms with Gasteiger partial charge in [0.15, 0.2) is 0 Å². The van der Waals surface area contributed by atoms with E-state index in [2.05, 4.69) is 10.0 Å². The van der Waals surface area contributed by atoms with Gasteiger partial charge in [-0.25, -0.2) is 17.5 Å². The molecule has 0 spiro atoms. The Labute approximate surface area is 146 Å². The highest BCUT2D eigenvalue weighted by Crippen LogP contribution is 2.23. The molecule has 0 radical (unpaired) electrons. The lowest BCUT2D eigenvalue weighted by Gasteiger charge is -2.35. The second-order valence-electron chi connectivity index (χ2n) is 5.90. The van der Waals surface area contributed by atoms with Crippen molar-refractivity contribution < 1.29 is 27.4 Å². The first-order valence-electron chi connectivity index (χ1n) is 8.16. The molecule has 2 rings (SSSR count). The molecule has 3 atom stereocenters. The number of nitrogens with one attached hydrogen (secondary N) is 2. The first-order chi connectivity index (χ1) is 11.9. The highest BCUT2D eigenvalue weighted by Gasteiger charge is 2.34. The van der Waals surface area contributed by atoms with Crippen LogP contribution in [0.4, 0.5) is 4.39 Å². The highest BCUT2D eigenvalue weighted by molar-refractivity contribution is 7.89. The molecular weight excluding hydrogens is 351 g/mol. The maximum Gasteiger partial charge on any atom is 0.240 e. The van der Waals surface area contributed by atoms with E-state index >= 15 is 0 Å². The van der Waals surface area contributed by atoms with Crippen molar-refractivity contribution in [3.63, 3.8) is 0 Å². The number of amides is 1. The Morgan fingerprint density at radius 2 is 2.00 bits per heavy atom. The molecule has 0 bridgehead atoms. The van der Waals surface area contributed by atoms with E-state index in [9.17, 15) is 22.7 Å². The molecule has 1 amide bonds. The Kier molecular flexibility index (Phi) is 6.88. The van der Waals surface area contributed by atoms with Gasteiger partial charge in [0.05, 0.1) is 36.2 Å². The first-order valence-corrected chi connectivity index (χ1v) is 9.65. The Hall–Kier alpha value is -1.55. The van der Waals surface area contributed by atoms with Crippen LogP contribution in [0.15, 0.2) is 29.2 Å². The highest BCUT2D eigenvalue weighted by atomic mass is 32.2. The van der Waals surface area contributed by atoms with Gasteiger partial charge in [-0.1, -0.05) is 0 Å². The van der Waals surface area contributed by atoms with E-state index < -0.39 is 28.0 Å². The number of ether oxygens (including phenoxy) is 1. The third-order valence-electron chi connectivity index (χ3n) is 4.01. The number of hydrogen-bond acceptors (Lipinski definition) is 5. The minimum atomic E-state index is -3.86. The predicted octanol–water partition coefficient (Wildman–Crippen LogP) is 0.539. The zero-order valence-electron chi connectivity index (χ0n) is 13.9. The number of halogens is 1. The molecule has 0 unspecified atom stereocenters. The number of carbonyl (C=O) groups excluding carboxylic acids is 1. The SMILES string of the molecule is CCNC(=O)C[C@H]1CC[C@H](NS(=O)(=O)c2ccc(F)cc2)[C@H](CO)O1. The molecule has 1 saturated heterocycles. The number of benzene rings is 1. The summed E-state index contributed by atoms with van der Waals surface area (Å²) in [6.45, 7) is 1.97. The minimum absolute atomic E-state index is 0.0602. The molecule has 0 aliphatic carbocycles. The van der Waals surface area contributed by atoms with Crippen LogP contribution < -0.4 is 10.0 Å². The summed E-state index contributed by atoms with van der Waals surface area (Å²) in [5.74, 6) is -0.670. The van der Waals surface area contributed by atoms with Crippen LogP contribution in [0.2, 0.25) is 0 Å². The normalized spacial score (nSPS) is 24.0. The molecular formula is C16H23FN2O5S. The molecule has 25 heavy (non-hydrogen) atoms. The molecule has 1 aliphatic heterocycles. The number of carbonyl (C=O) groups is 1. The van der Waals surface area contributed by atoms with Crippen molar-refractivity contribution in [2.45, 2.75) is 49.3 Å². The van der Waals surface area contributed by atoms with Gasteiger partial charge in [0, 0.05) is 6.54 Å². The zero-order chi connectivity index (χ0) is 18.4. The van der Waals surface area contributed by atoms with Gasteiger partial charge >= 0.3 is 0 Å². The molecule has 1 aromatic rings. The van der Waals surface area contributed by atoms with Gasteiger partial charge in [-0.3, -0.25) is 4.79 Å². The molecule has 1 heterocycles. The summed E-state index contributed by atoms with van der Waals surface area (Å²) < 4.78 is 45.9. The van der Waals surface area contributed by atoms with Crippen LogP contribution in [0.5, 0.6) is 0 Å². The number of hydrogen-bond donors (Lipinski definition) is 3. The smallest absolute Gasteiger partial charge is 0.240 e. The van der Waals surface area contributed by atoms with Gasteiger partial charge in [-0.15, -0.1) is 0 Å². The van der Waals surface area contributed by atoms with Gasteiger partial charge in [0.2, 0.25) is 15.9 Å². The molecule has 3 N–H and O–H groups in total. The van der Waals surface area contributed by atoms with Gasteiger partial charge < -0.3 is 15.2 Å². The van der Waals surface area contributed by atoms with Crippen LogP contribution in [-0.2, 0) is 19.6 Å². The van der Waals surface area contributed by atoms with E-state index in [0.29, 0.717) is 19.4 Å². The fourth-order valence-corrected chi connectivity index (χ4v) is 4.07. The van der Waals surface area contributed by atoms with Crippen LogP contribution in [-0.4, -0.2) is 50.8 Å². The molecule has 0 saturated carbocycles. The average molecular weight is 374 g/mol. The lowest BCUT2D eigenvalue weighted by molar-refractivity contribution is -0.130. The van der Waals surface area contributed by atoms with Gasteiger partial charge in [-0.05, 0) is 44.0 Å². The molecule has 1 fully saturated rings. The van der Waals surface area contributed by atoms with Gasteiger partial charge in [0.1, 0.15) is 5.82 Å². The third kappa shape index (κ3) is 5.46. The van der Waals surface area contributed by atoms with Crippen molar-refractivity contribution in [1.82, 2.24) is 10.0 Å². The van der Waals surface area contributed by atoms with Crippen molar-refractivity contribution >= 4 is 15.9 Å². The molecule has 0 aromatic heterocycles. The zero-order valence-corrected chi connectivity index (χ0v) is 14.8. The van der Waals surface area contributed by atoms with Crippen LogP contribution in [0, 0.1) is 5.82 Å². The third-order valence-corrected chi connectivity index (χ3v) is 5.52. The molecule has 9 heteroatoms. The van der Waals surface area contributed by atoms with Crippen LogP contribution in [0.1, 0.15) is 26.2 Å². The Morgan fingerprint density at radius 3 is 2.60 bits per heavy atom. The van der Waals surface area contributed by atoms with E-state index in [1.807, 2.05) is 6.92 Å². The largest absolute Gasteiger partial charge is 0.394 e. The van der Waals surface area contributed by atoms with E-state index in [4.69, 9.17) is 4.74 Å². The van der Waals surface area contributed by atoms with Crippen molar-refractivity contribution in [1.29, 1.82) is 0 Å². The van der Waals surface area contributed by atoms with E-state index in [0.717, 1.165) is 12.1 Å². The number of sulfonamides is 1. The van der Waals surface area contributed by atoms with Crippen molar-refractivity contribution in [2.24, 2.45) is 0 Å². The monoisotopic (exact) mass is 374 g/mol. The fraction of sp³-hybridized carbons (Fsp3) is 0.562. The summed E-state index contributed by atoms with van der Waals surface area (Å²) in [5.41, 5.74) is 0. The molecule has 140 valence electrons. The Morgan fingerprint density at radius 1 is 1.32 bits per heavy atom. The average Bonchev–Trinajstić information content (AvgIpc) is 2.56. The van der Waals surface area contributed by atoms with Crippen molar-refractivity contribution in [3.8, 4) is 0 Å². The summed E-state index contributed by atoms with van der Waals surface area (Å²) in [7, 11) is -3.86. The molecule has 1 aliphatic rings. The maximum atomic E-state index is 13.0. The maximum absolute atomic E-state index is 13.0. The second-order valence-corrected chi connectivity index (χ2v) is 7.61. The van der Waals surface area contributed by atoms with Crippen molar-refractivity contribution in [2.75, 3.05) is 13.2 Å². The summed E-state index contributed by atoms with van der Waals surface area (Å²) in [4.78, 5) is 11.6. The Bertz CT molecular complexity index is 680. The second kappa shape index (κ2) is 8.70. The molecule has 7 nitrogen and oxygen atoms in total. The topological polar surface area (TPSA) is 105 Å². The summed E-state index contributed by atoms with van der Waals surface area (Å²) in [5, 5.41) is 12.2. The van der Waals surface area contributed by atoms with Gasteiger partial charge in [0.25, 0.3) is 0 Å². The summed E-state index contributed by atoms with van der Waals surface area (Å²) >= 11 is 0. The number of aliphatic hydroxyl groups excluding tert-OH is 1. The fourth-order valence-electron chi connectivity index (χ4n) is 2.77.